The van der Waals surface area contributed by atoms with Gasteiger partial charge >= 0.3 is 0 Å². The average molecular weight is 398 g/mol. The van der Waals surface area contributed by atoms with Crippen LogP contribution in [0.25, 0.3) is 10.9 Å². The van der Waals surface area contributed by atoms with Crippen molar-refractivity contribution in [3.63, 3.8) is 0 Å². The Kier molecular flexibility index (Phi) is 4.77. The van der Waals surface area contributed by atoms with Crippen LogP contribution in [-0.2, 0) is 17.9 Å². The van der Waals surface area contributed by atoms with Crippen LogP contribution < -0.4 is 16.0 Å². The third-order valence-corrected chi connectivity index (χ3v) is 4.99. The van der Waals surface area contributed by atoms with Gasteiger partial charge in [0.25, 0.3) is 0 Å². The van der Waals surface area contributed by atoms with Crippen molar-refractivity contribution in [3.8, 4) is 0 Å². The number of carbonyl (C=O) groups excluding carboxylic acids is 1. The number of amides is 1. The fraction of sp³-hybridized carbons (Fsp3) is 0.333. The summed E-state index contributed by atoms with van der Waals surface area (Å²) in [5.74, 6) is -0.115. The SMILES string of the molecule is CC(C)(C)NC(=O)[C@H](Nc1ccc2c(c1)CNC2)c1cc(Cl)cc2[nH]ncc12. The summed E-state index contributed by atoms with van der Waals surface area (Å²) in [5.41, 5.74) is 4.67. The molecule has 6 nitrogen and oxygen atoms in total. The lowest BCUT2D eigenvalue weighted by Crippen LogP contribution is -2.44. The monoisotopic (exact) mass is 397 g/mol. The number of fused-ring (bicyclic) bond motifs is 2. The Labute approximate surface area is 169 Å². The standard InChI is InChI=1S/C21H24ClN5O/c1-21(2,3)26-20(28)19(16-7-14(22)8-18-17(16)11-24-27-18)25-15-5-4-12-9-23-10-13(12)6-15/h4-8,11,19,23,25H,9-10H2,1-3H3,(H,24,27)(H,26,28)/t19-/m1/s1. The number of aromatic amines is 1. The zero-order valence-corrected chi connectivity index (χ0v) is 16.9. The maximum absolute atomic E-state index is 13.2. The average Bonchev–Trinajstić information content (AvgIpc) is 3.25. The Morgan fingerprint density at radius 1 is 1.18 bits per heavy atom. The smallest absolute Gasteiger partial charge is 0.247 e. The summed E-state index contributed by atoms with van der Waals surface area (Å²) in [7, 11) is 0. The molecule has 1 atom stereocenters. The van der Waals surface area contributed by atoms with E-state index in [1.54, 1.807) is 6.20 Å². The van der Waals surface area contributed by atoms with Gasteiger partial charge in [0.1, 0.15) is 6.04 Å². The van der Waals surface area contributed by atoms with Crippen molar-refractivity contribution in [1.82, 2.24) is 20.8 Å². The first-order valence-corrected chi connectivity index (χ1v) is 9.71. The van der Waals surface area contributed by atoms with E-state index in [0.717, 1.165) is 35.2 Å². The molecule has 1 aromatic heterocycles. The van der Waals surface area contributed by atoms with Crippen LogP contribution >= 0.6 is 11.6 Å². The van der Waals surface area contributed by atoms with Gasteiger partial charge in [-0.25, -0.2) is 0 Å². The highest BCUT2D eigenvalue weighted by atomic mass is 35.5. The molecular formula is C21H24ClN5O. The van der Waals surface area contributed by atoms with E-state index < -0.39 is 6.04 Å². The van der Waals surface area contributed by atoms with E-state index in [9.17, 15) is 4.79 Å². The minimum Gasteiger partial charge on any atom is -0.370 e. The molecule has 3 aromatic rings. The highest BCUT2D eigenvalue weighted by Gasteiger charge is 2.27. The van der Waals surface area contributed by atoms with Crippen molar-refractivity contribution in [1.29, 1.82) is 0 Å². The maximum atomic E-state index is 13.2. The molecule has 0 aliphatic carbocycles. The first-order chi connectivity index (χ1) is 13.3. The number of carbonyl (C=O) groups is 1. The van der Waals surface area contributed by atoms with Gasteiger partial charge in [-0.05, 0) is 61.7 Å². The Bertz CT molecular complexity index is 1040. The molecule has 0 radical (unpaired) electrons. The first kappa shape index (κ1) is 18.8. The maximum Gasteiger partial charge on any atom is 0.247 e. The summed E-state index contributed by atoms with van der Waals surface area (Å²) in [6, 6.07) is 9.25. The molecule has 4 N–H and O–H groups in total. The molecule has 0 bridgehead atoms. The number of nitrogens with zero attached hydrogens (tertiary/aromatic N) is 1. The number of rotatable bonds is 4. The molecule has 1 aliphatic rings. The summed E-state index contributed by atoms with van der Waals surface area (Å²) < 4.78 is 0. The van der Waals surface area contributed by atoms with E-state index >= 15 is 0 Å². The molecule has 0 saturated carbocycles. The largest absolute Gasteiger partial charge is 0.370 e. The number of anilines is 1. The predicted molar refractivity (Wildman–Crippen MR) is 112 cm³/mol. The van der Waals surface area contributed by atoms with Crippen LogP contribution in [-0.4, -0.2) is 21.6 Å². The fourth-order valence-electron chi connectivity index (χ4n) is 3.56. The van der Waals surface area contributed by atoms with Crippen LogP contribution in [0.5, 0.6) is 0 Å². The van der Waals surface area contributed by atoms with Gasteiger partial charge in [-0.2, -0.15) is 5.10 Å². The van der Waals surface area contributed by atoms with E-state index in [-0.39, 0.29) is 11.4 Å². The Morgan fingerprint density at radius 3 is 2.75 bits per heavy atom. The van der Waals surface area contributed by atoms with Crippen molar-refractivity contribution in [2.75, 3.05) is 5.32 Å². The normalized spacial score (nSPS) is 14.7. The summed E-state index contributed by atoms with van der Waals surface area (Å²) in [4.78, 5) is 13.2. The molecule has 2 heterocycles. The van der Waals surface area contributed by atoms with Crippen LogP contribution in [0, 0.1) is 0 Å². The molecule has 0 fully saturated rings. The van der Waals surface area contributed by atoms with E-state index in [1.807, 2.05) is 39.0 Å². The van der Waals surface area contributed by atoms with Gasteiger partial charge in [0.2, 0.25) is 5.91 Å². The number of hydrogen-bond donors (Lipinski definition) is 4. The van der Waals surface area contributed by atoms with Gasteiger partial charge in [-0.15, -0.1) is 0 Å². The van der Waals surface area contributed by atoms with Crippen molar-refractivity contribution in [3.05, 3.63) is 58.2 Å². The zero-order valence-electron chi connectivity index (χ0n) is 16.2. The molecule has 1 amide bonds. The fourth-order valence-corrected chi connectivity index (χ4v) is 3.79. The third-order valence-electron chi connectivity index (χ3n) is 4.78. The summed E-state index contributed by atoms with van der Waals surface area (Å²) in [5, 5.41) is 18.3. The van der Waals surface area contributed by atoms with E-state index in [0.29, 0.717) is 5.02 Å². The van der Waals surface area contributed by atoms with Gasteiger partial charge in [0.15, 0.2) is 0 Å². The molecule has 28 heavy (non-hydrogen) atoms. The van der Waals surface area contributed by atoms with Crippen LogP contribution in [0.2, 0.25) is 5.02 Å². The van der Waals surface area contributed by atoms with Gasteiger partial charge in [0, 0.05) is 34.7 Å². The zero-order chi connectivity index (χ0) is 19.9. The second-order valence-electron chi connectivity index (χ2n) is 8.23. The summed E-state index contributed by atoms with van der Waals surface area (Å²) >= 11 is 6.33. The Morgan fingerprint density at radius 2 is 1.96 bits per heavy atom. The number of H-pyrrole nitrogens is 1. The first-order valence-electron chi connectivity index (χ1n) is 9.34. The second kappa shape index (κ2) is 7.11. The lowest BCUT2D eigenvalue weighted by atomic mass is 9.99. The lowest BCUT2D eigenvalue weighted by Gasteiger charge is -2.27. The molecule has 0 saturated heterocycles. The van der Waals surface area contributed by atoms with Gasteiger partial charge < -0.3 is 16.0 Å². The van der Waals surface area contributed by atoms with E-state index in [2.05, 4.69) is 38.3 Å². The molecule has 0 spiro atoms. The number of aromatic nitrogens is 2. The van der Waals surface area contributed by atoms with Crippen LogP contribution in [0.3, 0.4) is 0 Å². The number of hydrogen-bond acceptors (Lipinski definition) is 4. The highest BCUT2D eigenvalue weighted by molar-refractivity contribution is 6.31. The van der Waals surface area contributed by atoms with Crippen molar-refractivity contribution >= 4 is 34.1 Å². The Balaban J connectivity index is 1.75. The second-order valence-corrected chi connectivity index (χ2v) is 8.67. The van der Waals surface area contributed by atoms with Crippen LogP contribution in [0.15, 0.2) is 36.5 Å². The van der Waals surface area contributed by atoms with Crippen molar-refractivity contribution in [2.45, 2.75) is 45.4 Å². The molecule has 146 valence electrons. The minimum atomic E-state index is -0.606. The quantitative estimate of drug-likeness (QED) is 0.538. The highest BCUT2D eigenvalue weighted by Crippen LogP contribution is 2.31. The van der Waals surface area contributed by atoms with Crippen LogP contribution in [0.4, 0.5) is 5.69 Å². The Hall–Kier alpha value is -2.57. The number of benzene rings is 2. The molecule has 4 rings (SSSR count). The summed E-state index contributed by atoms with van der Waals surface area (Å²) in [6.45, 7) is 7.62. The predicted octanol–water partition coefficient (Wildman–Crippen LogP) is 3.89. The summed E-state index contributed by atoms with van der Waals surface area (Å²) in [6.07, 6.45) is 1.73. The molecule has 7 heteroatoms. The van der Waals surface area contributed by atoms with Gasteiger partial charge in [-0.1, -0.05) is 17.7 Å². The molecule has 2 aromatic carbocycles. The van der Waals surface area contributed by atoms with Gasteiger partial charge in [0.05, 0.1) is 11.7 Å². The number of nitrogens with one attached hydrogen (secondary N) is 4. The van der Waals surface area contributed by atoms with Crippen molar-refractivity contribution in [2.24, 2.45) is 0 Å². The number of halogens is 1. The van der Waals surface area contributed by atoms with Crippen molar-refractivity contribution < 1.29 is 4.79 Å². The molecular weight excluding hydrogens is 374 g/mol. The van der Waals surface area contributed by atoms with Gasteiger partial charge in [-0.3, -0.25) is 9.89 Å². The molecule has 0 unspecified atom stereocenters. The minimum absolute atomic E-state index is 0.115. The lowest BCUT2D eigenvalue weighted by molar-refractivity contribution is -0.123. The van der Waals surface area contributed by atoms with Crippen LogP contribution in [0.1, 0.15) is 43.5 Å². The molecule has 1 aliphatic heterocycles. The third kappa shape index (κ3) is 3.84. The topological polar surface area (TPSA) is 81.8 Å². The van der Waals surface area contributed by atoms with E-state index in [4.69, 9.17) is 11.6 Å². The van der Waals surface area contributed by atoms with E-state index in [1.165, 1.54) is 11.1 Å².